The Hall–Kier alpha value is -0.610. The monoisotopic (exact) mass is 188 g/mol. The van der Waals surface area contributed by atoms with Crippen molar-refractivity contribution in [1.82, 2.24) is 5.32 Å². The number of rotatable bonds is 5. The zero-order chi connectivity index (χ0) is 10.6. The predicted octanol–water partition coefficient (Wildman–Crippen LogP) is -0.000700. The minimum Gasteiger partial charge on any atom is -0.392 e. The van der Waals surface area contributed by atoms with E-state index >= 15 is 0 Å². The summed E-state index contributed by atoms with van der Waals surface area (Å²) in [6.07, 6.45) is -0.170. The molecule has 1 amide bonds. The molecule has 0 radical (unpaired) electrons. The lowest BCUT2D eigenvalue weighted by molar-refractivity contribution is -0.119. The number of primary amides is 1. The van der Waals surface area contributed by atoms with E-state index in [9.17, 15) is 9.90 Å². The van der Waals surface area contributed by atoms with Crippen LogP contribution in [0.25, 0.3) is 0 Å². The lowest BCUT2D eigenvalue weighted by atomic mass is 9.98. The van der Waals surface area contributed by atoms with Crippen LogP contribution in [0.1, 0.15) is 34.1 Å². The molecule has 0 aromatic heterocycles. The quantitative estimate of drug-likeness (QED) is 0.568. The maximum absolute atomic E-state index is 10.7. The lowest BCUT2D eigenvalue weighted by Crippen LogP contribution is -2.50. The van der Waals surface area contributed by atoms with Crippen LogP contribution >= 0.6 is 0 Å². The van der Waals surface area contributed by atoms with E-state index in [4.69, 9.17) is 5.73 Å². The van der Waals surface area contributed by atoms with E-state index < -0.39 is 6.10 Å². The molecule has 0 aliphatic rings. The molecule has 0 saturated heterocycles. The van der Waals surface area contributed by atoms with Gasteiger partial charge in [0.05, 0.1) is 6.10 Å². The van der Waals surface area contributed by atoms with Gasteiger partial charge < -0.3 is 16.2 Å². The molecule has 0 aliphatic heterocycles. The molecular weight excluding hydrogens is 168 g/mol. The molecule has 0 heterocycles. The number of amides is 1. The molecule has 4 heteroatoms. The molecule has 2 atom stereocenters. The Morgan fingerprint density at radius 2 is 2.00 bits per heavy atom. The first kappa shape index (κ1) is 12.4. The molecule has 2 unspecified atom stereocenters. The Balaban J connectivity index is 4.08. The van der Waals surface area contributed by atoms with Crippen molar-refractivity contribution in [3.05, 3.63) is 0 Å². The summed E-state index contributed by atoms with van der Waals surface area (Å²) in [5.74, 6) is -0.338. The second kappa shape index (κ2) is 4.58. The summed E-state index contributed by atoms with van der Waals surface area (Å²) >= 11 is 0. The van der Waals surface area contributed by atoms with Gasteiger partial charge in [-0.1, -0.05) is 0 Å². The molecule has 0 bridgehead atoms. The third kappa shape index (κ3) is 5.60. The van der Waals surface area contributed by atoms with E-state index in [1.165, 1.54) is 0 Å². The summed E-state index contributed by atoms with van der Waals surface area (Å²) in [5.41, 5.74) is 4.73. The van der Waals surface area contributed by atoms with Crippen LogP contribution in [-0.4, -0.2) is 28.7 Å². The van der Waals surface area contributed by atoms with Gasteiger partial charge in [-0.15, -0.1) is 0 Å². The number of aliphatic hydroxyl groups excluding tert-OH is 1. The summed E-state index contributed by atoms with van der Waals surface area (Å²) in [4.78, 5) is 10.7. The smallest absolute Gasteiger partial charge is 0.219 e. The number of nitrogens with two attached hydrogens (primary N) is 1. The van der Waals surface area contributed by atoms with Gasteiger partial charge >= 0.3 is 0 Å². The summed E-state index contributed by atoms with van der Waals surface area (Å²) < 4.78 is 0. The lowest BCUT2D eigenvalue weighted by Gasteiger charge is -2.30. The average Bonchev–Trinajstić information content (AvgIpc) is 1.81. The highest BCUT2D eigenvalue weighted by Gasteiger charge is 2.23. The van der Waals surface area contributed by atoms with E-state index in [-0.39, 0.29) is 23.9 Å². The van der Waals surface area contributed by atoms with Crippen LogP contribution in [0, 0.1) is 0 Å². The van der Waals surface area contributed by atoms with Gasteiger partial charge in [-0.3, -0.25) is 4.79 Å². The molecular formula is C9H20N2O2. The fourth-order valence-electron chi connectivity index (χ4n) is 1.22. The van der Waals surface area contributed by atoms with Crippen LogP contribution in [-0.2, 0) is 4.79 Å². The largest absolute Gasteiger partial charge is 0.392 e. The molecule has 0 aromatic rings. The van der Waals surface area contributed by atoms with Crippen molar-refractivity contribution in [2.24, 2.45) is 5.73 Å². The Kier molecular flexibility index (Phi) is 4.36. The highest BCUT2D eigenvalue weighted by Crippen LogP contribution is 2.09. The standard InChI is InChI=1S/C9H20N2O2/c1-6(7(2)12)11-9(3,4)5-8(10)13/h6-7,11-12H,5H2,1-4H3,(H2,10,13). The van der Waals surface area contributed by atoms with Crippen LogP contribution in [0.2, 0.25) is 0 Å². The Bertz CT molecular complexity index is 178. The van der Waals surface area contributed by atoms with Crippen molar-refractivity contribution >= 4 is 5.91 Å². The topological polar surface area (TPSA) is 75.3 Å². The fraction of sp³-hybridized carbons (Fsp3) is 0.889. The van der Waals surface area contributed by atoms with E-state index in [0.717, 1.165) is 0 Å². The number of aliphatic hydroxyl groups is 1. The summed E-state index contributed by atoms with van der Waals surface area (Å²) in [7, 11) is 0. The van der Waals surface area contributed by atoms with E-state index in [2.05, 4.69) is 5.32 Å². The average molecular weight is 188 g/mol. The van der Waals surface area contributed by atoms with Gasteiger partial charge in [0.15, 0.2) is 0 Å². The van der Waals surface area contributed by atoms with Gasteiger partial charge in [0.1, 0.15) is 0 Å². The van der Waals surface area contributed by atoms with Crippen molar-refractivity contribution in [2.75, 3.05) is 0 Å². The number of carbonyl (C=O) groups excluding carboxylic acids is 1. The zero-order valence-corrected chi connectivity index (χ0v) is 8.79. The normalized spacial score (nSPS) is 16.7. The first-order chi connectivity index (χ1) is 5.74. The van der Waals surface area contributed by atoms with Gasteiger partial charge in [0, 0.05) is 18.0 Å². The molecule has 0 aliphatic carbocycles. The highest BCUT2D eigenvalue weighted by molar-refractivity contribution is 5.75. The van der Waals surface area contributed by atoms with Gasteiger partial charge in [0.2, 0.25) is 5.91 Å². The van der Waals surface area contributed by atoms with E-state index in [1.54, 1.807) is 6.92 Å². The molecule has 13 heavy (non-hydrogen) atoms. The van der Waals surface area contributed by atoms with Crippen molar-refractivity contribution < 1.29 is 9.90 Å². The maximum atomic E-state index is 10.7. The van der Waals surface area contributed by atoms with Crippen molar-refractivity contribution in [1.29, 1.82) is 0 Å². The van der Waals surface area contributed by atoms with Crippen molar-refractivity contribution in [3.8, 4) is 0 Å². The van der Waals surface area contributed by atoms with E-state index in [1.807, 2.05) is 20.8 Å². The minimum absolute atomic E-state index is 0.0469. The van der Waals surface area contributed by atoms with Gasteiger partial charge in [-0.2, -0.15) is 0 Å². The molecule has 0 spiro atoms. The van der Waals surface area contributed by atoms with Crippen LogP contribution in [0.5, 0.6) is 0 Å². The van der Waals surface area contributed by atoms with Crippen LogP contribution in [0.4, 0.5) is 0 Å². The molecule has 0 saturated carbocycles. The number of carbonyl (C=O) groups is 1. The van der Waals surface area contributed by atoms with Gasteiger partial charge in [-0.25, -0.2) is 0 Å². The maximum Gasteiger partial charge on any atom is 0.219 e. The fourth-order valence-corrected chi connectivity index (χ4v) is 1.22. The molecule has 0 fully saturated rings. The predicted molar refractivity (Wildman–Crippen MR) is 52.2 cm³/mol. The van der Waals surface area contributed by atoms with Crippen molar-refractivity contribution in [2.45, 2.75) is 51.8 Å². The van der Waals surface area contributed by atoms with E-state index in [0.29, 0.717) is 0 Å². The second-order valence-corrected chi connectivity index (χ2v) is 4.20. The third-order valence-electron chi connectivity index (χ3n) is 1.96. The summed E-state index contributed by atoms with van der Waals surface area (Å²) in [6, 6.07) is -0.0469. The summed E-state index contributed by atoms with van der Waals surface area (Å²) in [6.45, 7) is 7.35. The Morgan fingerprint density at radius 1 is 1.54 bits per heavy atom. The first-order valence-electron chi connectivity index (χ1n) is 4.48. The zero-order valence-electron chi connectivity index (χ0n) is 8.79. The Morgan fingerprint density at radius 3 is 2.31 bits per heavy atom. The van der Waals surface area contributed by atoms with Crippen LogP contribution < -0.4 is 11.1 Å². The van der Waals surface area contributed by atoms with Gasteiger partial charge in [-0.05, 0) is 27.7 Å². The number of nitrogens with one attached hydrogen (secondary N) is 1. The molecule has 4 nitrogen and oxygen atoms in total. The minimum atomic E-state index is -0.438. The Labute approximate surface area is 79.5 Å². The number of hydrogen-bond donors (Lipinski definition) is 3. The molecule has 4 N–H and O–H groups in total. The first-order valence-corrected chi connectivity index (χ1v) is 4.48. The second-order valence-electron chi connectivity index (χ2n) is 4.20. The summed E-state index contributed by atoms with van der Waals surface area (Å²) in [5, 5.41) is 12.4. The molecule has 0 rings (SSSR count). The highest BCUT2D eigenvalue weighted by atomic mass is 16.3. The number of hydrogen-bond acceptors (Lipinski definition) is 3. The van der Waals surface area contributed by atoms with Crippen molar-refractivity contribution in [3.63, 3.8) is 0 Å². The molecule has 0 aromatic carbocycles. The SMILES string of the molecule is CC(O)C(C)NC(C)(C)CC(N)=O. The van der Waals surface area contributed by atoms with Crippen LogP contribution in [0.3, 0.4) is 0 Å². The third-order valence-corrected chi connectivity index (χ3v) is 1.96. The molecule has 78 valence electrons. The van der Waals surface area contributed by atoms with Gasteiger partial charge in [0.25, 0.3) is 0 Å². The van der Waals surface area contributed by atoms with Crippen LogP contribution in [0.15, 0.2) is 0 Å².